The Morgan fingerprint density at radius 1 is 1.56 bits per heavy atom. The van der Waals surface area contributed by atoms with Crippen LogP contribution in [0.2, 0.25) is 0 Å². The summed E-state index contributed by atoms with van der Waals surface area (Å²) in [6.45, 7) is 0.207. The molecule has 0 aliphatic rings. The van der Waals surface area contributed by atoms with Crippen LogP contribution in [-0.2, 0) is 10.1 Å². The molecule has 4 nitrogen and oxygen atoms in total. The third kappa shape index (κ3) is 12.5. The van der Waals surface area contributed by atoms with Gasteiger partial charge < -0.3 is 0 Å². The van der Waals surface area contributed by atoms with Crippen molar-refractivity contribution in [3.05, 3.63) is 0 Å². The molecule has 0 amide bonds. The number of hydrogen-bond acceptors (Lipinski definition) is 3. The van der Waals surface area contributed by atoms with Gasteiger partial charge in [-0.05, 0) is 0 Å². The molecule has 0 fully saturated rings. The van der Waals surface area contributed by atoms with E-state index >= 15 is 0 Å². The van der Waals surface area contributed by atoms with Crippen molar-refractivity contribution in [2.45, 2.75) is 0 Å². The van der Waals surface area contributed by atoms with Crippen molar-refractivity contribution >= 4 is 55.8 Å². The van der Waals surface area contributed by atoms with E-state index < -0.39 is 10.1 Å². The Bertz CT molecular complexity index is 146. The van der Waals surface area contributed by atoms with Crippen molar-refractivity contribution in [2.24, 2.45) is 0 Å². The Hall–Kier alpha value is 1.35. The first-order valence-electron chi connectivity index (χ1n) is 1.85. The summed E-state index contributed by atoms with van der Waals surface area (Å²) in [7, 11) is -3.78. The molecule has 9 heavy (non-hydrogen) atoms. The first-order chi connectivity index (χ1) is 3.56. The Balaban J connectivity index is 0. The zero-order chi connectivity index (χ0) is 6.62. The molecule has 0 saturated heterocycles. The molecule has 0 aliphatic carbocycles. The predicted octanol–water partition coefficient (Wildman–Crippen LogP) is -0.875. The fraction of sp³-hybridized carbons (Fsp3) is 1.00. The summed E-state index contributed by atoms with van der Waals surface area (Å²) in [5, 5.41) is 0. The van der Waals surface area contributed by atoms with Gasteiger partial charge in [0.05, 0.1) is 5.75 Å². The normalized spacial score (nSPS) is 10.4. The molecule has 2 N–H and O–H groups in total. The van der Waals surface area contributed by atoms with Crippen LogP contribution in [0.1, 0.15) is 0 Å². The van der Waals surface area contributed by atoms with Crippen molar-refractivity contribution in [3.63, 3.8) is 0 Å². The van der Waals surface area contributed by atoms with Gasteiger partial charge in [0, 0.05) is 22.7 Å². The molecule has 0 aromatic heterocycles. The van der Waals surface area contributed by atoms with Gasteiger partial charge in [-0.15, -0.1) is 0 Å². The van der Waals surface area contributed by atoms with E-state index in [4.69, 9.17) is 4.55 Å². The fourth-order valence-electron chi connectivity index (χ4n) is 0.168. The molecule has 0 bridgehead atoms. The van der Waals surface area contributed by atoms with E-state index in [2.05, 4.69) is 20.5 Å². The van der Waals surface area contributed by atoms with Crippen LogP contribution < -0.4 is 4.34 Å². The number of nitrogens with one attached hydrogen (secondary N) is 1. The van der Waals surface area contributed by atoms with E-state index in [1.807, 2.05) is 0 Å². The van der Waals surface area contributed by atoms with Gasteiger partial charge in [0.15, 0.2) is 0 Å². The number of rotatable bonds is 3. The molecule has 0 rings (SSSR count). The molecule has 0 spiro atoms. The van der Waals surface area contributed by atoms with Crippen LogP contribution in [0.25, 0.3) is 0 Å². The van der Waals surface area contributed by atoms with Gasteiger partial charge in [-0.1, -0.05) is 0 Å². The van der Waals surface area contributed by atoms with Crippen LogP contribution >= 0.6 is 16.1 Å². The minimum absolute atomic E-state index is 0. The SMILES string of the molecule is O=S(=O)(O)CCNBr.[NaH]. The van der Waals surface area contributed by atoms with Crippen molar-refractivity contribution in [2.75, 3.05) is 12.3 Å². The van der Waals surface area contributed by atoms with Crippen LogP contribution in [0, 0.1) is 0 Å². The average molecular weight is 228 g/mol. The molecule has 0 aromatic rings. The molecule has 0 heterocycles. The zero-order valence-electron chi connectivity index (χ0n) is 3.96. The van der Waals surface area contributed by atoms with Crippen molar-refractivity contribution in [1.82, 2.24) is 4.34 Å². The number of hydrogen-bond donors (Lipinski definition) is 2. The second-order valence-electron chi connectivity index (χ2n) is 1.17. The van der Waals surface area contributed by atoms with Gasteiger partial charge in [0.2, 0.25) is 0 Å². The minimum atomic E-state index is -3.78. The molecule has 0 saturated carbocycles. The van der Waals surface area contributed by atoms with E-state index in [-0.39, 0.29) is 41.9 Å². The molecule has 0 aromatic carbocycles. The maximum absolute atomic E-state index is 9.88. The van der Waals surface area contributed by atoms with Crippen LogP contribution in [0.4, 0.5) is 0 Å². The summed E-state index contributed by atoms with van der Waals surface area (Å²) in [4.78, 5) is 0. The van der Waals surface area contributed by atoms with Crippen molar-refractivity contribution < 1.29 is 13.0 Å². The molecule has 0 unspecified atom stereocenters. The van der Waals surface area contributed by atoms with Gasteiger partial charge in [-0.3, -0.25) is 8.90 Å². The Kier molecular flexibility index (Phi) is 8.78. The molecular weight excluding hydrogens is 221 g/mol. The third-order valence-electron chi connectivity index (χ3n) is 0.455. The summed E-state index contributed by atoms with van der Waals surface area (Å²) in [5.74, 6) is -0.266. The quantitative estimate of drug-likeness (QED) is 0.374. The van der Waals surface area contributed by atoms with Crippen molar-refractivity contribution in [1.29, 1.82) is 0 Å². The Morgan fingerprint density at radius 2 is 2.00 bits per heavy atom. The topological polar surface area (TPSA) is 66.4 Å². The van der Waals surface area contributed by atoms with E-state index in [0.717, 1.165) is 0 Å². The standard InChI is InChI=1S/C2H6BrNO3S.Na.H/c3-4-1-2-8(5,6)7;;/h4H,1-2H2,(H,5,6,7);;. The average Bonchev–Trinajstić information content (AvgIpc) is 1.59. The second-order valence-corrected chi connectivity index (χ2v) is 3.30. The third-order valence-corrected chi connectivity index (χ3v) is 1.57. The van der Waals surface area contributed by atoms with Gasteiger partial charge in [-0.25, -0.2) is 0 Å². The van der Waals surface area contributed by atoms with Gasteiger partial charge in [0.1, 0.15) is 0 Å². The van der Waals surface area contributed by atoms with Crippen LogP contribution in [-0.4, -0.2) is 54.8 Å². The summed E-state index contributed by atoms with van der Waals surface area (Å²) in [6, 6.07) is 0. The summed E-state index contributed by atoms with van der Waals surface area (Å²) < 4.78 is 30.2. The van der Waals surface area contributed by atoms with E-state index in [1.54, 1.807) is 0 Å². The van der Waals surface area contributed by atoms with Gasteiger partial charge >= 0.3 is 29.6 Å². The summed E-state index contributed by atoms with van der Waals surface area (Å²) >= 11 is 2.78. The summed E-state index contributed by atoms with van der Waals surface area (Å²) in [6.07, 6.45) is 0. The van der Waals surface area contributed by atoms with Gasteiger partial charge in [-0.2, -0.15) is 8.42 Å². The first-order valence-corrected chi connectivity index (χ1v) is 4.25. The zero-order valence-corrected chi connectivity index (χ0v) is 6.37. The second kappa shape index (κ2) is 6.09. The van der Waals surface area contributed by atoms with E-state index in [0.29, 0.717) is 0 Å². The Morgan fingerprint density at radius 3 is 2.11 bits per heavy atom. The molecule has 0 aliphatic heterocycles. The Labute approximate surface area is 84.8 Å². The first kappa shape index (κ1) is 13.0. The van der Waals surface area contributed by atoms with Crippen LogP contribution in [0.15, 0.2) is 0 Å². The van der Waals surface area contributed by atoms with E-state index in [1.165, 1.54) is 0 Å². The molecule has 52 valence electrons. The monoisotopic (exact) mass is 227 g/mol. The maximum atomic E-state index is 9.88. The molecular formula is C2H7BrNNaO3S. The van der Waals surface area contributed by atoms with Crippen LogP contribution in [0.3, 0.4) is 0 Å². The van der Waals surface area contributed by atoms with E-state index in [9.17, 15) is 8.42 Å². The predicted molar refractivity (Wildman–Crippen MR) is 40.5 cm³/mol. The fourth-order valence-corrected chi connectivity index (χ4v) is 0.988. The molecule has 7 heteroatoms. The molecule has 0 radical (unpaired) electrons. The van der Waals surface area contributed by atoms with Crippen molar-refractivity contribution in [3.8, 4) is 0 Å². The van der Waals surface area contributed by atoms with Gasteiger partial charge in [0.25, 0.3) is 10.1 Å². The molecule has 0 atom stereocenters. The number of halogens is 1. The van der Waals surface area contributed by atoms with Crippen LogP contribution in [0.5, 0.6) is 0 Å². The summed E-state index contributed by atoms with van der Waals surface area (Å²) in [5.41, 5.74) is 0.